The van der Waals surface area contributed by atoms with Crippen molar-refractivity contribution in [3.8, 4) is 0 Å². The summed E-state index contributed by atoms with van der Waals surface area (Å²) in [5.41, 5.74) is -1.21. The SMILES string of the molecule is COC(=O)c1cnc(F)c(Br)c1C(F)F. The van der Waals surface area contributed by atoms with Gasteiger partial charge in [-0.3, -0.25) is 0 Å². The molecule has 3 nitrogen and oxygen atoms in total. The van der Waals surface area contributed by atoms with Gasteiger partial charge in [0.25, 0.3) is 6.43 Å². The fourth-order valence-electron chi connectivity index (χ4n) is 0.963. The molecule has 0 unspecified atom stereocenters. The number of alkyl halides is 2. The molecule has 0 aliphatic carbocycles. The summed E-state index contributed by atoms with van der Waals surface area (Å²) in [6.07, 6.45) is -2.28. The van der Waals surface area contributed by atoms with E-state index >= 15 is 0 Å². The van der Waals surface area contributed by atoms with E-state index in [1.807, 2.05) is 0 Å². The van der Waals surface area contributed by atoms with Gasteiger partial charge in [-0.2, -0.15) is 4.39 Å². The number of methoxy groups -OCH3 is 1. The first-order valence-corrected chi connectivity index (χ1v) is 4.48. The van der Waals surface area contributed by atoms with Gasteiger partial charge in [-0.1, -0.05) is 0 Å². The zero-order valence-electron chi connectivity index (χ0n) is 7.43. The maximum absolute atomic E-state index is 12.8. The van der Waals surface area contributed by atoms with Crippen LogP contribution in [0.4, 0.5) is 13.2 Å². The van der Waals surface area contributed by atoms with Crippen molar-refractivity contribution >= 4 is 21.9 Å². The molecule has 0 spiro atoms. The maximum Gasteiger partial charge on any atom is 0.339 e. The molecule has 0 aliphatic rings. The minimum atomic E-state index is -2.99. The Bertz CT molecular complexity index is 398. The van der Waals surface area contributed by atoms with Gasteiger partial charge in [0.1, 0.15) is 0 Å². The fourth-order valence-corrected chi connectivity index (χ4v) is 1.45. The minimum Gasteiger partial charge on any atom is -0.465 e. The van der Waals surface area contributed by atoms with Gasteiger partial charge in [0.15, 0.2) is 0 Å². The van der Waals surface area contributed by atoms with Crippen molar-refractivity contribution in [1.82, 2.24) is 4.98 Å². The summed E-state index contributed by atoms with van der Waals surface area (Å²) in [5.74, 6) is -2.09. The summed E-state index contributed by atoms with van der Waals surface area (Å²) in [4.78, 5) is 14.2. The second-order valence-corrected chi connectivity index (χ2v) is 3.28. The van der Waals surface area contributed by atoms with Gasteiger partial charge in [0, 0.05) is 6.20 Å². The Morgan fingerprint density at radius 1 is 1.60 bits per heavy atom. The summed E-state index contributed by atoms with van der Waals surface area (Å²) in [5, 5.41) is 0. The average Bonchev–Trinajstić information content (AvgIpc) is 2.20. The third-order valence-corrected chi connectivity index (χ3v) is 2.39. The monoisotopic (exact) mass is 283 g/mol. The molecule has 0 amide bonds. The topological polar surface area (TPSA) is 39.2 Å². The van der Waals surface area contributed by atoms with E-state index in [0.717, 1.165) is 7.11 Å². The first-order chi connectivity index (χ1) is 6.99. The molecule has 0 radical (unpaired) electrons. The largest absolute Gasteiger partial charge is 0.465 e. The number of carbonyl (C=O) groups excluding carboxylic acids is 1. The number of rotatable bonds is 2. The Labute approximate surface area is 91.4 Å². The van der Waals surface area contributed by atoms with Crippen molar-refractivity contribution in [2.75, 3.05) is 7.11 Å². The van der Waals surface area contributed by atoms with E-state index in [1.165, 1.54) is 0 Å². The molecule has 1 aromatic heterocycles. The van der Waals surface area contributed by atoms with E-state index in [9.17, 15) is 18.0 Å². The van der Waals surface area contributed by atoms with Crippen LogP contribution in [0.15, 0.2) is 10.7 Å². The zero-order chi connectivity index (χ0) is 11.6. The number of aromatic nitrogens is 1. The van der Waals surface area contributed by atoms with Crippen LogP contribution in [0.2, 0.25) is 0 Å². The molecule has 1 rings (SSSR count). The first-order valence-electron chi connectivity index (χ1n) is 3.69. The molecule has 0 fully saturated rings. The molecular weight excluding hydrogens is 279 g/mol. The maximum atomic E-state index is 12.8. The van der Waals surface area contributed by atoms with Crippen LogP contribution in [0, 0.1) is 5.95 Å². The molecule has 0 aliphatic heterocycles. The van der Waals surface area contributed by atoms with Crippen molar-refractivity contribution in [2.45, 2.75) is 6.43 Å². The lowest BCUT2D eigenvalue weighted by molar-refractivity contribution is 0.0588. The number of ether oxygens (including phenoxy) is 1. The van der Waals surface area contributed by atoms with Gasteiger partial charge >= 0.3 is 5.97 Å². The molecule has 0 aromatic carbocycles. The highest BCUT2D eigenvalue weighted by atomic mass is 79.9. The molecule has 0 saturated carbocycles. The Hall–Kier alpha value is -1.11. The second kappa shape index (κ2) is 4.61. The number of carbonyl (C=O) groups is 1. The van der Waals surface area contributed by atoms with E-state index in [-0.39, 0.29) is 0 Å². The molecule has 0 N–H and O–H groups in total. The fraction of sp³-hybridized carbons (Fsp3) is 0.250. The van der Waals surface area contributed by atoms with E-state index in [2.05, 4.69) is 25.7 Å². The summed E-state index contributed by atoms with van der Waals surface area (Å²) in [6.45, 7) is 0. The molecular formula is C8H5BrF3NO2. The highest BCUT2D eigenvalue weighted by Gasteiger charge is 2.25. The minimum absolute atomic E-state index is 0.458. The number of esters is 1. The van der Waals surface area contributed by atoms with Crippen molar-refractivity contribution in [3.63, 3.8) is 0 Å². The summed E-state index contributed by atoms with van der Waals surface area (Å²) in [6, 6.07) is 0. The van der Waals surface area contributed by atoms with Gasteiger partial charge in [0.05, 0.1) is 22.7 Å². The molecule has 1 heterocycles. The predicted molar refractivity (Wildman–Crippen MR) is 48.2 cm³/mol. The predicted octanol–water partition coefficient (Wildman–Crippen LogP) is 2.71. The van der Waals surface area contributed by atoms with Crippen LogP contribution in [-0.4, -0.2) is 18.1 Å². The van der Waals surface area contributed by atoms with Gasteiger partial charge < -0.3 is 4.74 Å². The molecule has 15 heavy (non-hydrogen) atoms. The van der Waals surface area contributed by atoms with Crippen LogP contribution >= 0.6 is 15.9 Å². The quantitative estimate of drug-likeness (QED) is 0.619. The summed E-state index contributed by atoms with van der Waals surface area (Å²) < 4.78 is 41.6. The molecule has 0 atom stereocenters. The number of pyridine rings is 1. The first kappa shape index (κ1) is 12.0. The third-order valence-electron chi connectivity index (χ3n) is 1.64. The van der Waals surface area contributed by atoms with Crippen LogP contribution < -0.4 is 0 Å². The standard InChI is InChI=1S/C8H5BrF3NO2/c1-15-8(14)3-2-13-7(12)5(9)4(3)6(10)11/h2,6H,1H3. The van der Waals surface area contributed by atoms with E-state index in [0.29, 0.717) is 6.20 Å². The van der Waals surface area contributed by atoms with E-state index < -0.39 is 33.9 Å². The van der Waals surface area contributed by atoms with Crippen molar-refractivity contribution in [2.24, 2.45) is 0 Å². The summed E-state index contributed by atoms with van der Waals surface area (Å²) in [7, 11) is 1.04. The van der Waals surface area contributed by atoms with Gasteiger partial charge in [-0.15, -0.1) is 0 Å². The van der Waals surface area contributed by atoms with Gasteiger partial charge in [-0.25, -0.2) is 18.6 Å². The lowest BCUT2D eigenvalue weighted by Crippen LogP contribution is -2.09. The van der Waals surface area contributed by atoms with Crippen molar-refractivity contribution < 1.29 is 22.7 Å². The Morgan fingerprint density at radius 3 is 2.67 bits per heavy atom. The third kappa shape index (κ3) is 2.28. The molecule has 0 saturated heterocycles. The summed E-state index contributed by atoms with van der Waals surface area (Å²) >= 11 is 2.60. The number of hydrogen-bond acceptors (Lipinski definition) is 3. The van der Waals surface area contributed by atoms with E-state index in [1.54, 1.807) is 0 Å². The van der Waals surface area contributed by atoms with Crippen LogP contribution in [0.1, 0.15) is 22.3 Å². The molecule has 82 valence electrons. The Morgan fingerprint density at radius 2 is 2.20 bits per heavy atom. The van der Waals surface area contributed by atoms with Crippen molar-refractivity contribution in [1.29, 1.82) is 0 Å². The van der Waals surface area contributed by atoms with Gasteiger partial charge in [-0.05, 0) is 15.9 Å². The Kier molecular flexibility index (Phi) is 3.67. The second-order valence-electron chi connectivity index (χ2n) is 2.48. The van der Waals surface area contributed by atoms with E-state index in [4.69, 9.17) is 0 Å². The highest BCUT2D eigenvalue weighted by Crippen LogP contribution is 2.31. The smallest absolute Gasteiger partial charge is 0.339 e. The lowest BCUT2D eigenvalue weighted by atomic mass is 10.1. The highest BCUT2D eigenvalue weighted by molar-refractivity contribution is 9.10. The zero-order valence-corrected chi connectivity index (χ0v) is 9.02. The lowest BCUT2D eigenvalue weighted by Gasteiger charge is -2.08. The number of hydrogen-bond donors (Lipinski definition) is 0. The van der Waals surface area contributed by atoms with Crippen LogP contribution in [0.3, 0.4) is 0 Å². The van der Waals surface area contributed by atoms with Crippen molar-refractivity contribution in [3.05, 3.63) is 27.7 Å². The number of halogens is 4. The average molecular weight is 284 g/mol. The molecule has 1 aromatic rings. The number of nitrogens with zero attached hydrogens (tertiary/aromatic N) is 1. The molecule has 0 bridgehead atoms. The van der Waals surface area contributed by atoms with Crippen LogP contribution in [0.5, 0.6) is 0 Å². The molecule has 7 heteroatoms. The van der Waals surface area contributed by atoms with Gasteiger partial charge in [0.2, 0.25) is 5.95 Å². The van der Waals surface area contributed by atoms with Crippen LogP contribution in [-0.2, 0) is 4.74 Å². The normalized spacial score (nSPS) is 10.5. The van der Waals surface area contributed by atoms with Crippen LogP contribution in [0.25, 0.3) is 0 Å². The Balaban J connectivity index is 3.40.